The molecule has 1 N–H and O–H groups in total. The van der Waals surface area contributed by atoms with Crippen LogP contribution in [0.5, 0.6) is 0 Å². The van der Waals surface area contributed by atoms with Crippen LogP contribution >= 0.6 is 11.8 Å². The molecule has 0 heterocycles. The SMILES string of the molecule is CCCCC(CO)(CCCC)CSc1ccc(C)cc1C(C)(C)c1cccc(COC)c1. The number of aliphatic hydroxyl groups excluding tert-OH is 1. The lowest BCUT2D eigenvalue weighted by Crippen LogP contribution is -2.29. The van der Waals surface area contributed by atoms with E-state index in [1.807, 2.05) is 11.8 Å². The Balaban J connectivity index is 2.37. The Morgan fingerprint density at radius 1 is 0.969 bits per heavy atom. The maximum atomic E-state index is 10.4. The summed E-state index contributed by atoms with van der Waals surface area (Å²) in [5, 5.41) is 10.4. The predicted molar refractivity (Wildman–Crippen MR) is 140 cm³/mol. The molecule has 2 rings (SSSR count). The van der Waals surface area contributed by atoms with Gasteiger partial charge in [-0.15, -0.1) is 11.8 Å². The quantitative estimate of drug-likeness (QED) is 0.293. The molecule has 0 radical (unpaired) electrons. The molecule has 0 spiro atoms. The van der Waals surface area contributed by atoms with E-state index in [2.05, 4.69) is 77.1 Å². The normalized spacial score (nSPS) is 12.3. The van der Waals surface area contributed by atoms with Crippen LogP contribution in [0.2, 0.25) is 0 Å². The van der Waals surface area contributed by atoms with E-state index >= 15 is 0 Å². The summed E-state index contributed by atoms with van der Waals surface area (Å²) < 4.78 is 5.37. The maximum Gasteiger partial charge on any atom is 0.0713 e. The van der Waals surface area contributed by atoms with Crippen molar-refractivity contribution < 1.29 is 9.84 Å². The topological polar surface area (TPSA) is 29.5 Å². The Hall–Kier alpha value is -1.29. The van der Waals surface area contributed by atoms with Crippen LogP contribution < -0.4 is 0 Å². The van der Waals surface area contributed by atoms with Crippen LogP contribution in [-0.4, -0.2) is 24.6 Å². The van der Waals surface area contributed by atoms with Crippen molar-refractivity contribution in [3.05, 3.63) is 64.7 Å². The van der Waals surface area contributed by atoms with Crippen molar-refractivity contribution in [2.75, 3.05) is 19.5 Å². The fourth-order valence-electron chi connectivity index (χ4n) is 4.44. The molecular weight excluding hydrogens is 412 g/mol. The molecule has 0 aromatic heterocycles. The van der Waals surface area contributed by atoms with Gasteiger partial charge in [0, 0.05) is 35.2 Å². The van der Waals surface area contributed by atoms with E-state index in [0.29, 0.717) is 6.61 Å². The van der Waals surface area contributed by atoms with Crippen molar-refractivity contribution in [3.8, 4) is 0 Å². The van der Waals surface area contributed by atoms with Gasteiger partial charge in [0.2, 0.25) is 0 Å². The standard InChI is InChI=1S/C29H44O2S/c1-7-9-16-29(21-30,17-10-8-2)22-32-27-15-14-23(3)18-26(27)28(4,5)25-13-11-12-24(19-25)20-31-6/h11-15,18-19,30H,7-10,16-17,20-22H2,1-6H3. The number of methoxy groups -OCH3 is 1. The Kier molecular flexibility index (Phi) is 10.8. The average molecular weight is 457 g/mol. The minimum absolute atomic E-state index is 0.0152. The summed E-state index contributed by atoms with van der Waals surface area (Å²) in [6.45, 7) is 12.2. The van der Waals surface area contributed by atoms with Gasteiger partial charge in [0.1, 0.15) is 0 Å². The Morgan fingerprint density at radius 3 is 2.25 bits per heavy atom. The molecule has 0 fully saturated rings. The fraction of sp³-hybridized carbons (Fsp3) is 0.586. The second-order valence-corrected chi connectivity index (χ2v) is 10.9. The van der Waals surface area contributed by atoms with E-state index in [1.54, 1.807) is 7.11 Å². The molecule has 0 aliphatic rings. The van der Waals surface area contributed by atoms with Gasteiger partial charge in [0.25, 0.3) is 0 Å². The molecule has 0 saturated heterocycles. The Bertz CT molecular complexity index is 820. The molecule has 0 atom stereocenters. The molecule has 0 amide bonds. The molecular formula is C29H44O2S. The molecule has 0 bridgehead atoms. The summed E-state index contributed by atoms with van der Waals surface area (Å²) in [7, 11) is 1.75. The van der Waals surface area contributed by atoms with Crippen molar-refractivity contribution in [2.45, 2.75) is 90.1 Å². The van der Waals surface area contributed by atoms with E-state index in [0.717, 1.165) is 18.6 Å². The first-order valence-electron chi connectivity index (χ1n) is 12.2. The number of hydrogen-bond donors (Lipinski definition) is 1. The van der Waals surface area contributed by atoms with Gasteiger partial charge in [-0.1, -0.05) is 95.3 Å². The number of ether oxygens (including phenoxy) is 1. The number of aliphatic hydroxyl groups is 1. The van der Waals surface area contributed by atoms with Gasteiger partial charge in [0.15, 0.2) is 0 Å². The van der Waals surface area contributed by atoms with E-state index in [4.69, 9.17) is 4.74 Å². The van der Waals surface area contributed by atoms with Gasteiger partial charge in [-0.2, -0.15) is 0 Å². The van der Waals surface area contributed by atoms with E-state index < -0.39 is 0 Å². The molecule has 0 aliphatic carbocycles. The van der Waals surface area contributed by atoms with Crippen molar-refractivity contribution in [1.82, 2.24) is 0 Å². The summed E-state index contributed by atoms with van der Waals surface area (Å²) in [6, 6.07) is 15.6. The third-order valence-electron chi connectivity index (χ3n) is 6.76. The van der Waals surface area contributed by atoms with Crippen LogP contribution in [0.15, 0.2) is 47.4 Å². The zero-order valence-electron chi connectivity index (χ0n) is 21.2. The lowest BCUT2D eigenvalue weighted by molar-refractivity contribution is 0.122. The first kappa shape index (κ1) is 27.0. The molecule has 0 unspecified atom stereocenters. The number of unbranched alkanes of at least 4 members (excludes halogenated alkanes) is 2. The molecule has 178 valence electrons. The van der Waals surface area contributed by atoms with E-state index in [1.165, 1.54) is 52.8 Å². The lowest BCUT2D eigenvalue weighted by atomic mass is 9.77. The highest BCUT2D eigenvalue weighted by Crippen LogP contribution is 2.42. The van der Waals surface area contributed by atoms with Crippen molar-refractivity contribution >= 4 is 11.8 Å². The molecule has 0 aliphatic heterocycles. The molecule has 3 heteroatoms. The highest BCUT2D eigenvalue weighted by Gasteiger charge is 2.31. The van der Waals surface area contributed by atoms with Crippen LogP contribution in [0.4, 0.5) is 0 Å². The average Bonchev–Trinajstić information content (AvgIpc) is 2.80. The zero-order valence-corrected chi connectivity index (χ0v) is 22.0. The van der Waals surface area contributed by atoms with Crippen molar-refractivity contribution in [3.63, 3.8) is 0 Å². The number of thioether (sulfide) groups is 1. The van der Waals surface area contributed by atoms with Crippen LogP contribution in [0, 0.1) is 12.3 Å². The van der Waals surface area contributed by atoms with Gasteiger partial charge in [-0.25, -0.2) is 0 Å². The zero-order chi connectivity index (χ0) is 23.6. The van der Waals surface area contributed by atoms with Gasteiger partial charge in [0.05, 0.1) is 6.61 Å². The number of hydrogen-bond acceptors (Lipinski definition) is 3. The van der Waals surface area contributed by atoms with Crippen molar-refractivity contribution in [2.24, 2.45) is 5.41 Å². The maximum absolute atomic E-state index is 10.4. The second kappa shape index (κ2) is 12.8. The summed E-state index contributed by atoms with van der Waals surface area (Å²) in [4.78, 5) is 1.34. The van der Waals surface area contributed by atoms with Crippen LogP contribution in [0.1, 0.15) is 88.5 Å². The summed E-state index contributed by atoms with van der Waals surface area (Å²) in [6.07, 6.45) is 6.94. The number of rotatable bonds is 14. The first-order chi connectivity index (χ1) is 15.3. The summed E-state index contributed by atoms with van der Waals surface area (Å²) in [5.41, 5.74) is 5.07. The number of benzene rings is 2. The lowest BCUT2D eigenvalue weighted by Gasteiger charge is -2.34. The molecule has 0 saturated carbocycles. The highest BCUT2D eigenvalue weighted by atomic mass is 32.2. The van der Waals surface area contributed by atoms with Crippen LogP contribution in [0.3, 0.4) is 0 Å². The largest absolute Gasteiger partial charge is 0.396 e. The third kappa shape index (κ3) is 7.10. The molecule has 2 nitrogen and oxygen atoms in total. The van der Waals surface area contributed by atoms with E-state index in [-0.39, 0.29) is 17.4 Å². The highest BCUT2D eigenvalue weighted by molar-refractivity contribution is 7.99. The first-order valence-corrected chi connectivity index (χ1v) is 13.2. The van der Waals surface area contributed by atoms with Gasteiger partial charge >= 0.3 is 0 Å². The summed E-state index contributed by atoms with van der Waals surface area (Å²) >= 11 is 1.94. The van der Waals surface area contributed by atoms with Gasteiger partial charge in [-0.05, 0) is 42.5 Å². The van der Waals surface area contributed by atoms with Gasteiger partial charge in [-0.3, -0.25) is 0 Å². The fourth-order valence-corrected chi connectivity index (χ4v) is 5.91. The Labute approximate surface area is 201 Å². The molecule has 2 aromatic carbocycles. The minimum Gasteiger partial charge on any atom is -0.396 e. The summed E-state index contributed by atoms with van der Waals surface area (Å²) in [5.74, 6) is 0.972. The monoisotopic (exact) mass is 456 g/mol. The Morgan fingerprint density at radius 2 is 1.66 bits per heavy atom. The van der Waals surface area contributed by atoms with Crippen molar-refractivity contribution in [1.29, 1.82) is 0 Å². The van der Waals surface area contributed by atoms with E-state index in [9.17, 15) is 5.11 Å². The second-order valence-electron chi connectivity index (χ2n) is 9.91. The van der Waals surface area contributed by atoms with Gasteiger partial charge < -0.3 is 9.84 Å². The predicted octanol–water partition coefficient (Wildman–Crippen LogP) is 7.92. The minimum atomic E-state index is -0.118. The third-order valence-corrected chi connectivity index (χ3v) is 8.18. The molecule has 2 aromatic rings. The molecule has 32 heavy (non-hydrogen) atoms. The van der Waals surface area contributed by atoms with Crippen LogP contribution in [-0.2, 0) is 16.8 Å². The number of aryl methyl sites for hydroxylation is 1. The smallest absolute Gasteiger partial charge is 0.0713 e. The van der Waals surface area contributed by atoms with Crippen LogP contribution in [0.25, 0.3) is 0 Å².